The number of fused-ring (bicyclic) bond motifs is 1. The summed E-state index contributed by atoms with van der Waals surface area (Å²) in [6, 6.07) is 3.00. The highest BCUT2D eigenvalue weighted by Crippen LogP contribution is 2.36. The normalized spacial score (nSPS) is 23.4. The van der Waals surface area contributed by atoms with Crippen molar-refractivity contribution in [2.75, 3.05) is 19.1 Å². The van der Waals surface area contributed by atoms with E-state index in [1.54, 1.807) is 6.08 Å². The number of amidine groups is 1. The summed E-state index contributed by atoms with van der Waals surface area (Å²) in [6.45, 7) is 2.31. The number of benzene rings is 1. The van der Waals surface area contributed by atoms with E-state index in [0.29, 0.717) is 30.3 Å². The fourth-order valence-electron chi connectivity index (χ4n) is 2.78. The number of aliphatic imine (C=N–C) groups is 1. The maximum Gasteiger partial charge on any atom is 0.166 e. The molecule has 1 aliphatic heterocycles. The first-order valence-corrected chi connectivity index (χ1v) is 8.00. The summed E-state index contributed by atoms with van der Waals surface area (Å²) in [5.41, 5.74) is 0.376. The number of ether oxygens (including phenoxy) is 1. The highest BCUT2D eigenvalue weighted by Gasteiger charge is 2.39. The number of halogens is 3. The number of nitrogens with zero attached hydrogens (tertiary/aromatic N) is 1. The Morgan fingerprint density at radius 1 is 1.42 bits per heavy atom. The van der Waals surface area contributed by atoms with Gasteiger partial charge >= 0.3 is 0 Å². The number of methoxy groups -OCH3 is 1. The topological polar surface area (TPSA) is 65.9 Å². The molecule has 3 rings (SSSR count). The summed E-state index contributed by atoms with van der Waals surface area (Å²) in [5.74, 6) is 0.310. The van der Waals surface area contributed by atoms with Gasteiger partial charge in [0, 0.05) is 12.0 Å². The fourth-order valence-corrected chi connectivity index (χ4v) is 3.09. The fraction of sp³-hybridized carbons (Fsp3) is 0.312. The Hall–Kier alpha value is -1.76. The van der Waals surface area contributed by atoms with Crippen LogP contribution in [0.5, 0.6) is 0 Å². The van der Waals surface area contributed by atoms with Gasteiger partial charge in [0.25, 0.3) is 0 Å². The Bertz CT molecular complexity index is 792. The number of allylic oxidation sites excluding steroid dienone is 1. The SMILES string of the molecule is COC1=C(O)C=C2C(Nc3ccc(Cl)c(Cl)c3F)=NCNC2(C)C1. The van der Waals surface area contributed by atoms with Crippen LogP contribution in [0.25, 0.3) is 0 Å². The van der Waals surface area contributed by atoms with E-state index < -0.39 is 11.4 Å². The Morgan fingerprint density at radius 2 is 2.17 bits per heavy atom. The summed E-state index contributed by atoms with van der Waals surface area (Å²) < 4.78 is 19.5. The molecule has 0 saturated heterocycles. The Kier molecular flexibility index (Phi) is 4.46. The molecular weight excluding hydrogens is 356 g/mol. The molecule has 1 aromatic rings. The molecule has 0 aromatic heterocycles. The van der Waals surface area contributed by atoms with E-state index >= 15 is 0 Å². The van der Waals surface area contributed by atoms with E-state index in [1.807, 2.05) is 6.92 Å². The van der Waals surface area contributed by atoms with Crippen molar-refractivity contribution in [3.05, 3.63) is 51.2 Å². The van der Waals surface area contributed by atoms with Crippen LogP contribution in [0.1, 0.15) is 13.3 Å². The molecule has 2 aliphatic rings. The molecule has 0 saturated carbocycles. The summed E-state index contributed by atoms with van der Waals surface area (Å²) in [5, 5.41) is 16.3. The maximum absolute atomic E-state index is 14.3. The number of anilines is 1. The Labute approximate surface area is 148 Å². The minimum Gasteiger partial charge on any atom is -0.504 e. The molecule has 8 heteroatoms. The molecule has 3 N–H and O–H groups in total. The standard InChI is InChI=1S/C16H16Cl2FN3O2/c1-16-6-12(24-2)11(23)5-8(16)15(20-7-21-16)22-10-4-3-9(17)13(18)14(10)19/h3-5,21,23H,6-7H2,1-2H3,(H,20,22). The number of nitrogens with one attached hydrogen (secondary N) is 2. The average molecular weight is 372 g/mol. The van der Waals surface area contributed by atoms with Crippen molar-refractivity contribution in [1.82, 2.24) is 5.32 Å². The second-order valence-corrected chi connectivity index (χ2v) is 6.55. The van der Waals surface area contributed by atoms with Crippen molar-refractivity contribution in [3.63, 3.8) is 0 Å². The lowest BCUT2D eigenvalue weighted by atomic mass is 9.81. The van der Waals surface area contributed by atoms with Crippen LogP contribution in [0.2, 0.25) is 10.0 Å². The van der Waals surface area contributed by atoms with Crippen LogP contribution in [0, 0.1) is 5.82 Å². The molecule has 24 heavy (non-hydrogen) atoms. The van der Waals surface area contributed by atoms with Gasteiger partial charge < -0.3 is 15.2 Å². The summed E-state index contributed by atoms with van der Waals surface area (Å²) in [7, 11) is 1.51. The maximum atomic E-state index is 14.3. The third kappa shape index (κ3) is 2.85. The van der Waals surface area contributed by atoms with Gasteiger partial charge in [0.15, 0.2) is 11.6 Å². The second kappa shape index (κ2) is 6.27. The van der Waals surface area contributed by atoms with Crippen molar-refractivity contribution in [3.8, 4) is 0 Å². The van der Waals surface area contributed by atoms with Gasteiger partial charge in [-0.3, -0.25) is 10.3 Å². The first-order chi connectivity index (χ1) is 11.4. The van der Waals surface area contributed by atoms with Crippen LogP contribution < -0.4 is 10.6 Å². The van der Waals surface area contributed by atoms with Gasteiger partial charge in [-0.15, -0.1) is 0 Å². The minimum atomic E-state index is -0.652. The number of aliphatic hydroxyl groups is 1. The molecular formula is C16H16Cl2FN3O2. The van der Waals surface area contributed by atoms with Crippen molar-refractivity contribution >= 4 is 34.7 Å². The zero-order valence-electron chi connectivity index (χ0n) is 13.1. The van der Waals surface area contributed by atoms with E-state index in [-0.39, 0.29) is 21.5 Å². The monoisotopic (exact) mass is 371 g/mol. The first kappa shape index (κ1) is 17.1. The molecule has 0 radical (unpaired) electrons. The van der Waals surface area contributed by atoms with Crippen LogP contribution >= 0.6 is 23.2 Å². The summed E-state index contributed by atoms with van der Waals surface area (Å²) in [4.78, 5) is 4.34. The molecule has 128 valence electrons. The zero-order valence-corrected chi connectivity index (χ0v) is 14.6. The Balaban J connectivity index is 1.99. The molecule has 0 spiro atoms. The van der Waals surface area contributed by atoms with E-state index in [9.17, 15) is 9.50 Å². The lowest BCUT2D eigenvalue weighted by Gasteiger charge is -2.39. The molecule has 1 aliphatic carbocycles. The van der Waals surface area contributed by atoms with E-state index in [0.717, 1.165) is 0 Å². The molecule has 1 aromatic carbocycles. The molecule has 0 fully saturated rings. The third-order valence-electron chi connectivity index (χ3n) is 4.17. The number of hydrogen-bond donors (Lipinski definition) is 3. The molecule has 1 heterocycles. The smallest absolute Gasteiger partial charge is 0.166 e. The van der Waals surface area contributed by atoms with Crippen LogP contribution in [-0.2, 0) is 4.74 Å². The molecule has 1 atom stereocenters. The quantitative estimate of drug-likeness (QED) is 0.687. The van der Waals surface area contributed by atoms with Crippen LogP contribution in [-0.4, -0.2) is 30.3 Å². The van der Waals surface area contributed by atoms with Crippen LogP contribution in [0.3, 0.4) is 0 Å². The zero-order chi connectivity index (χ0) is 17.5. The first-order valence-electron chi connectivity index (χ1n) is 7.24. The minimum absolute atomic E-state index is 0.0257. The van der Waals surface area contributed by atoms with Gasteiger partial charge in [0.1, 0.15) is 11.6 Å². The lowest BCUT2D eigenvalue weighted by Crippen LogP contribution is -2.52. The molecule has 5 nitrogen and oxygen atoms in total. The van der Waals surface area contributed by atoms with E-state index in [1.165, 1.54) is 19.2 Å². The Morgan fingerprint density at radius 3 is 2.88 bits per heavy atom. The van der Waals surface area contributed by atoms with Gasteiger partial charge in [-0.05, 0) is 25.1 Å². The molecule has 0 amide bonds. The van der Waals surface area contributed by atoms with E-state index in [2.05, 4.69) is 15.6 Å². The second-order valence-electron chi connectivity index (χ2n) is 5.77. The van der Waals surface area contributed by atoms with Gasteiger partial charge in [-0.1, -0.05) is 23.2 Å². The van der Waals surface area contributed by atoms with Crippen LogP contribution in [0.15, 0.2) is 40.3 Å². The third-order valence-corrected chi connectivity index (χ3v) is 4.95. The van der Waals surface area contributed by atoms with Gasteiger partial charge in [-0.25, -0.2) is 4.39 Å². The van der Waals surface area contributed by atoms with Gasteiger partial charge in [-0.2, -0.15) is 0 Å². The number of hydrogen-bond acceptors (Lipinski definition) is 5. The average Bonchev–Trinajstić information content (AvgIpc) is 2.56. The highest BCUT2D eigenvalue weighted by atomic mass is 35.5. The summed E-state index contributed by atoms with van der Waals surface area (Å²) in [6.07, 6.45) is 2.02. The lowest BCUT2D eigenvalue weighted by molar-refractivity contribution is 0.216. The highest BCUT2D eigenvalue weighted by molar-refractivity contribution is 6.42. The number of aliphatic hydroxyl groups excluding tert-OH is 1. The van der Waals surface area contributed by atoms with Gasteiger partial charge in [0.05, 0.1) is 35.1 Å². The summed E-state index contributed by atoms with van der Waals surface area (Å²) >= 11 is 11.7. The predicted octanol–water partition coefficient (Wildman–Crippen LogP) is 4.01. The predicted molar refractivity (Wildman–Crippen MR) is 93.2 cm³/mol. The van der Waals surface area contributed by atoms with Crippen molar-refractivity contribution < 1.29 is 14.2 Å². The molecule has 0 bridgehead atoms. The van der Waals surface area contributed by atoms with Gasteiger partial charge in [0.2, 0.25) is 0 Å². The van der Waals surface area contributed by atoms with Crippen LogP contribution in [0.4, 0.5) is 10.1 Å². The molecule has 1 unspecified atom stereocenters. The van der Waals surface area contributed by atoms with Crippen molar-refractivity contribution in [2.45, 2.75) is 18.9 Å². The largest absolute Gasteiger partial charge is 0.504 e. The van der Waals surface area contributed by atoms with E-state index in [4.69, 9.17) is 27.9 Å². The number of rotatable bonds is 2. The van der Waals surface area contributed by atoms with Crippen molar-refractivity contribution in [1.29, 1.82) is 0 Å². The van der Waals surface area contributed by atoms with Crippen molar-refractivity contribution in [2.24, 2.45) is 4.99 Å².